The first-order valence-electron chi connectivity index (χ1n) is 5.51. The monoisotopic (exact) mass is 179 g/mol. The van der Waals surface area contributed by atoms with E-state index < -0.39 is 0 Å². The first-order valence-corrected chi connectivity index (χ1v) is 5.51. The van der Waals surface area contributed by atoms with Crippen molar-refractivity contribution >= 4 is 0 Å². The third-order valence-electron chi connectivity index (χ3n) is 3.65. The van der Waals surface area contributed by atoms with Crippen molar-refractivity contribution in [3.05, 3.63) is 11.4 Å². The molecule has 1 aliphatic carbocycles. The molecule has 0 aromatic carbocycles. The zero-order valence-electron chi connectivity index (χ0n) is 9.09. The van der Waals surface area contributed by atoms with Crippen LogP contribution in [0.15, 0.2) is 0 Å². The summed E-state index contributed by atoms with van der Waals surface area (Å²) in [5.74, 6) is 2.45. The Morgan fingerprint density at radius 1 is 1.00 bits per heavy atom. The lowest BCUT2D eigenvalue weighted by atomic mass is 9.75. The fourth-order valence-corrected chi connectivity index (χ4v) is 2.40. The smallest absolute Gasteiger partial charge is 0.223 e. The van der Waals surface area contributed by atoms with Crippen molar-refractivity contribution in [1.29, 1.82) is 0 Å². The van der Waals surface area contributed by atoms with Gasteiger partial charge in [-0.1, -0.05) is 13.8 Å². The van der Waals surface area contributed by atoms with Crippen molar-refractivity contribution < 1.29 is 0 Å². The second-order valence-electron chi connectivity index (χ2n) is 4.79. The maximum atomic E-state index is 7.00. The van der Waals surface area contributed by atoms with Crippen molar-refractivity contribution in [1.82, 2.24) is 0 Å². The van der Waals surface area contributed by atoms with E-state index in [0.29, 0.717) is 5.92 Å². The molecule has 0 amide bonds. The molecule has 1 unspecified atom stereocenters. The van der Waals surface area contributed by atoms with Gasteiger partial charge in [-0.25, -0.2) is 6.57 Å². The predicted octanol–water partition coefficient (Wildman–Crippen LogP) is 3.76. The van der Waals surface area contributed by atoms with Crippen LogP contribution in [0.5, 0.6) is 0 Å². The van der Waals surface area contributed by atoms with Gasteiger partial charge in [-0.2, -0.15) is 0 Å². The molecule has 1 saturated carbocycles. The lowest BCUT2D eigenvalue weighted by Gasteiger charge is -2.30. The molecule has 0 aliphatic heterocycles. The van der Waals surface area contributed by atoms with Gasteiger partial charge >= 0.3 is 0 Å². The van der Waals surface area contributed by atoms with Gasteiger partial charge in [-0.05, 0) is 37.5 Å². The summed E-state index contributed by atoms with van der Waals surface area (Å²) in [6.45, 7) is 13.7. The largest absolute Gasteiger partial charge is 0.314 e. The SMILES string of the molecule is [C-]#[N+]C(C)C1CCC(C(C)C)CC1. The van der Waals surface area contributed by atoms with Crippen LogP contribution in [0.2, 0.25) is 0 Å². The van der Waals surface area contributed by atoms with Crippen LogP contribution >= 0.6 is 0 Å². The van der Waals surface area contributed by atoms with Gasteiger partial charge in [0.15, 0.2) is 0 Å². The fraction of sp³-hybridized carbons (Fsp3) is 0.917. The minimum Gasteiger partial charge on any atom is -0.314 e. The van der Waals surface area contributed by atoms with Crippen molar-refractivity contribution in [2.45, 2.75) is 52.5 Å². The van der Waals surface area contributed by atoms with Crippen LogP contribution in [0, 0.1) is 24.3 Å². The van der Waals surface area contributed by atoms with Gasteiger partial charge in [0.2, 0.25) is 6.04 Å². The molecule has 1 aliphatic rings. The molecule has 1 fully saturated rings. The predicted molar refractivity (Wildman–Crippen MR) is 56.4 cm³/mol. The topological polar surface area (TPSA) is 4.36 Å². The molecule has 1 rings (SSSR count). The Labute approximate surface area is 82.4 Å². The average molecular weight is 179 g/mol. The van der Waals surface area contributed by atoms with E-state index in [1.165, 1.54) is 25.7 Å². The third-order valence-corrected chi connectivity index (χ3v) is 3.65. The van der Waals surface area contributed by atoms with Gasteiger partial charge in [0.1, 0.15) is 0 Å². The number of rotatable bonds is 2. The quantitative estimate of drug-likeness (QED) is 0.568. The third kappa shape index (κ3) is 2.72. The molecule has 13 heavy (non-hydrogen) atoms. The van der Waals surface area contributed by atoms with Gasteiger partial charge < -0.3 is 4.85 Å². The standard InChI is InChI=1S/C12H21N/c1-9(2)11-5-7-12(8-6-11)10(3)13-4/h9-12H,5-8H2,1-3H3. The number of nitrogens with zero attached hydrogens (tertiary/aromatic N) is 1. The van der Waals surface area contributed by atoms with Gasteiger partial charge in [-0.15, -0.1) is 0 Å². The van der Waals surface area contributed by atoms with Gasteiger partial charge in [0.25, 0.3) is 0 Å². The maximum Gasteiger partial charge on any atom is 0.223 e. The molecule has 1 heteroatoms. The van der Waals surface area contributed by atoms with Crippen LogP contribution in [0.4, 0.5) is 0 Å². The van der Waals surface area contributed by atoms with Crippen LogP contribution in [-0.2, 0) is 0 Å². The van der Waals surface area contributed by atoms with E-state index in [-0.39, 0.29) is 6.04 Å². The summed E-state index contributed by atoms with van der Waals surface area (Å²) >= 11 is 0. The van der Waals surface area contributed by atoms with Crippen molar-refractivity contribution in [2.75, 3.05) is 0 Å². The summed E-state index contributed by atoms with van der Waals surface area (Å²) in [5, 5.41) is 0. The van der Waals surface area contributed by atoms with Crippen LogP contribution in [-0.4, -0.2) is 6.04 Å². The summed E-state index contributed by atoms with van der Waals surface area (Å²) in [5.41, 5.74) is 0. The first-order chi connectivity index (χ1) is 6.15. The maximum absolute atomic E-state index is 7.00. The van der Waals surface area contributed by atoms with Gasteiger partial charge in [-0.3, -0.25) is 0 Å². The molecule has 0 heterocycles. The summed E-state index contributed by atoms with van der Waals surface area (Å²) < 4.78 is 0. The molecule has 0 aromatic rings. The van der Waals surface area contributed by atoms with E-state index in [9.17, 15) is 0 Å². The van der Waals surface area contributed by atoms with E-state index in [1.807, 2.05) is 0 Å². The van der Waals surface area contributed by atoms with E-state index in [1.54, 1.807) is 0 Å². The molecule has 0 spiro atoms. The summed E-state index contributed by atoms with van der Waals surface area (Å²) in [4.78, 5) is 3.63. The number of hydrogen-bond acceptors (Lipinski definition) is 0. The minimum atomic E-state index is 0.258. The van der Waals surface area contributed by atoms with E-state index >= 15 is 0 Å². The second-order valence-corrected chi connectivity index (χ2v) is 4.79. The van der Waals surface area contributed by atoms with Crippen molar-refractivity contribution in [3.8, 4) is 0 Å². The van der Waals surface area contributed by atoms with Crippen LogP contribution in [0.3, 0.4) is 0 Å². The lowest BCUT2D eigenvalue weighted by molar-refractivity contribution is 0.216. The molecule has 0 aromatic heterocycles. The summed E-state index contributed by atoms with van der Waals surface area (Å²) in [6, 6.07) is 0.258. The molecule has 0 bridgehead atoms. The van der Waals surface area contributed by atoms with Crippen molar-refractivity contribution in [2.24, 2.45) is 17.8 Å². The highest BCUT2D eigenvalue weighted by atomic mass is 14.7. The number of hydrogen-bond donors (Lipinski definition) is 0. The fourth-order valence-electron chi connectivity index (χ4n) is 2.40. The van der Waals surface area contributed by atoms with Gasteiger partial charge in [0, 0.05) is 12.8 Å². The highest BCUT2D eigenvalue weighted by molar-refractivity contribution is 4.85. The Hall–Kier alpha value is -0.510. The van der Waals surface area contributed by atoms with Crippen LogP contribution in [0.25, 0.3) is 4.85 Å². The Bertz CT molecular complexity index is 182. The normalized spacial score (nSPS) is 31.3. The van der Waals surface area contributed by atoms with E-state index in [4.69, 9.17) is 6.57 Å². The molecular weight excluding hydrogens is 158 g/mol. The Morgan fingerprint density at radius 2 is 1.46 bits per heavy atom. The Balaban J connectivity index is 2.35. The molecule has 1 atom stereocenters. The molecule has 1 nitrogen and oxygen atoms in total. The molecule has 0 saturated heterocycles. The Morgan fingerprint density at radius 3 is 1.85 bits per heavy atom. The zero-order chi connectivity index (χ0) is 9.84. The van der Waals surface area contributed by atoms with Crippen LogP contribution in [0.1, 0.15) is 46.5 Å². The average Bonchev–Trinajstić information content (AvgIpc) is 2.17. The molecule has 74 valence electrons. The highest BCUT2D eigenvalue weighted by Crippen LogP contribution is 2.35. The Kier molecular flexibility index (Phi) is 3.78. The van der Waals surface area contributed by atoms with Crippen molar-refractivity contribution in [3.63, 3.8) is 0 Å². The van der Waals surface area contributed by atoms with Crippen LogP contribution < -0.4 is 0 Å². The minimum absolute atomic E-state index is 0.258. The summed E-state index contributed by atoms with van der Waals surface area (Å²) in [6.07, 6.45) is 5.27. The lowest BCUT2D eigenvalue weighted by Crippen LogP contribution is -2.23. The molecule has 0 N–H and O–H groups in total. The zero-order valence-corrected chi connectivity index (χ0v) is 9.09. The van der Waals surface area contributed by atoms with Gasteiger partial charge in [0.05, 0.1) is 0 Å². The molecular formula is C12H21N. The molecule has 0 radical (unpaired) electrons. The first kappa shape index (κ1) is 10.6. The summed E-state index contributed by atoms with van der Waals surface area (Å²) in [7, 11) is 0. The second kappa shape index (κ2) is 4.65. The van der Waals surface area contributed by atoms with E-state index in [0.717, 1.165) is 11.8 Å². The highest BCUT2D eigenvalue weighted by Gasteiger charge is 2.28. The van der Waals surface area contributed by atoms with E-state index in [2.05, 4.69) is 25.6 Å².